The fraction of sp³-hybridized carbons (Fsp3) is 0.417. The number of rotatable bonds is 3. The minimum atomic E-state index is -2.49. The van der Waals surface area contributed by atoms with E-state index in [9.17, 15) is 13.6 Å². The van der Waals surface area contributed by atoms with Gasteiger partial charge in [0, 0.05) is 12.0 Å². The van der Waals surface area contributed by atoms with Crippen LogP contribution in [0, 0.1) is 0 Å². The lowest BCUT2D eigenvalue weighted by molar-refractivity contribution is 0.0818. The number of aryl methyl sites for hydroxylation is 1. The van der Waals surface area contributed by atoms with Gasteiger partial charge in [-0.15, -0.1) is 0 Å². The normalized spacial score (nSPS) is 15.1. The zero-order chi connectivity index (χ0) is 11.5. The van der Waals surface area contributed by atoms with Gasteiger partial charge in [0.25, 0.3) is 6.43 Å². The van der Waals surface area contributed by atoms with E-state index in [0.717, 1.165) is 18.4 Å². The van der Waals surface area contributed by atoms with Crippen molar-refractivity contribution in [2.24, 2.45) is 0 Å². The highest BCUT2D eigenvalue weighted by molar-refractivity contribution is 5.98. The smallest absolute Gasteiger partial charge is 0.272 e. The van der Waals surface area contributed by atoms with Gasteiger partial charge in [-0.3, -0.25) is 4.79 Å². The summed E-state index contributed by atoms with van der Waals surface area (Å²) in [4.78, 5) is 11.6. The van der Waals surface area contributed by atoms with Crippen molar-refractivity contribution in [1.29, 1.82) is 0 Å². The number of fused-ring (bicyclic) bond motifs is 1. The van der Waals surface area contributed by atoms with Gasteiger partial charge in [-0.2, -0.15) is 0 Å². The van der Waals surface area contributed by atoms with Crippen molar-refractivity contribution in [3.63, 3.8) is 0 Å². The van der Waals surface area contributed by atoms with Crippen LogP contribution in [0.2, 0.25) is 0 Å². The molecular weight excluding hydrogens is 214 g/mol. The average Bonchev–Trinajstić information content (AvgIpc) is 2.27. The third-order valence-corrected chi connectivity index (χ3v) is 2.61. The lowest BCUT2D eigenvalue weighted by Gasteiger charge is -2.15. The summed E-state index contributed by atoms with van der Waals surface area (Å²) >= 11 is 0. The first-order chi connectivity index (χ1) is 7.66. The van der Waals surface area contributed by atoms with Crippen LogP contribution in [-0.4, -0.2) is 18.8 Å². The molecule has 16 heavy (non-hydrogen) atoms. The van der Waals surface area contributed by atoms with Crippen LogP contribution in [0.1, 0.15) is 28.8 Å². The molecule has 0 radical (unpaired) electrons. The Morgan fingerprint density at radius 3 is 2.88 bits per heavy atom. The highest BCUT2D eigenvalue weighted by Gasteiger charge is 2.17. The Hall–Kier alpha value is -1.45. The first-order valence-electron chi connectivity index (χ1n) is 5.24. The molecule has 0 aromatic heterocycles. The molecule has 0 saturated heterocycles. The van der Waals surface area contributed by atoms with Crippen LogP contribution >= 0.6 is 0 Å². The first-order valence-corrected chi connectivity index (χ1v) is 5.24. The lowest BCUT2D eigenvalue weighted by atomic mass is 9.90. The number of alkyl halides is 2. The number of carbonyl (C=O) groups is 1. The van der Waals surface area contributed by atoms with Crippen LogP contribution < -0.4 is 4.74 Å². The number of benzene rings is 1. The van der Waals surface area contributed by atoms with Crippen LogP contribution in [-0.2, 0) is 6.42 Å². The monoisotopic (exact) mass is 226 g/mol. The molecule has 0 saturated carbocycles. The Balaban J connectivity index is 2.17. The fourth-order valence-corrected chi connectivity index (χ4v) is 1.86. The number of ketones is 1. The second-order valence-corrected chi connectivity index (χ2v) is 3.80. The van der Waals surface area contributed by atoms with Crippen LogP contribution in [0.15, 0.2) is 18.2 Å². The van der Waals surface area contributed by atoms with Gasteiger partial charge in [0.05, 0.1) is 0 Å². The highest BCUT2D eigenvalue weighted by atomic mass is 19.3. The van der Waals surface area contributed by atoms with E-state index in [0.29, 0.717) is 17.7 Å². The van der Waals surface area contributed by atoms with Gasteiger partial charge in [0.1, 0.15) is 12.4 Å². The van der Waals surface area contributed by atoms with E-state index in [4.69, 9.17) is 4.74 Å². The largest absolute Gasteiger partial charge is 0.488 e. The number of hydrogen-bond acceptors (Lipinski definition) is 2. The van der Waals surface area contributed by atoms with E-state index in [2.05, 4.69) is 0 Å². The zero-order valence-electron chi connectivity index (χ0n) is 8.71. The van der Waals surface area contributed by atoms with Gasteiger partial charge < -0.3 is 4.74 Å². The SMILES string of the molecule is O=C1CCCc2ccc(OCC(F)F)cc21. The maximum absolute atomic E-state index is 11.9. The molecule has 0 heterocycles. The number of hydrogen-bond donors (Lipinski definition) is 0. The highest BCUT2D eigenvalue weighted by Crippen LogP contribution is 2.25. The van der Waals surface area contributed by atoms with Gasteiger partial charge in [-0.25, -0.2) is 8.78 Å². The second kappa shape index (κ2) is 4.60. The number of halogens is 2. The van der Waals surface area contributed by atoms with Crippen molar-refractivity contribution in [1.82, 2.24) is 0 Å². The van der Waals surface area contributed by atoms with E-state index < -0.39 is 13.0 Å². The van der Waals surface area contributed by atoms with Gasteiger partial charge in [-0.1, -0.05) is 6.07 Å². The molecule has 4 heteroatoms. The molecule has 0 amide bonds. The van der Waals surface area contributed by atoms with E-state index in [1.807, 2.05) is 0 Å². The topological polar surface area (TPSA) is 26.3 Å². The summed E-state index contributed by atoms with van der Waals surface area (Å²) in [5.74, 6) is 0.415. The standard InChI is InChI=1S/C12H12F2O2/c13-12(14)7-16-9-5-4-8-2-1-3-11(15)10(8)6-9/h4-6,12H,1-3,7H2. The van der Waals surface area contributed by atoms with Crippen molar-refractivity contribution in [2.75, 3.05) is 6.61 Å². The molecule has 0 bridgehead atoms. The second-order valence-electron chi connectivity index (χ2n) is 3.80. The zero-order valence-corrected chi connectivity index (χ0v) is 8.71. The molecule has 0 unspecified atom stereocenters. The summed E-state index contributed by atoms with van der Waals surface area (Å²) in [6.45, 7) is -0.632. The van der Waals surface area contributed by atoms with E-state index in [1.165, 1.54) is 0 Å². The van der Waals surface area contributed by atoms with Crippen LogP contribution in [0.5, 0.6) is 5.75 Å². The van der Waals surface area contributed by atoms with Crippen molar-refractivity contribution in [2.45, 2.75) is 25.7 Å². The van der Waals surface area contributed by atoms with Gasteiger partial charge in [0.2, 0.25) is 0 Å². The molecule has 86 valence electrons. The summed E-state index contributed by atoms with van der Waals surface area (Å²) in [7, 11) is 0. The summed E-state index contributed by atoms with van der Waals surface area (Å²) in [5, 5.41) is 0. The number of ether oxygens (including phenoxy) is 1. The van der Waals surface area contributed by atoms with Gasteiger partial charge in [0.15, 0.2) is 5.78 Å². The van der Waals surface area contributed by atoms with Crippen molar-refractivity contribution in [3.05, 3.63) is 29.3 Å². The number of Topliss-reactive ketones (excluding diaryl/α,β-unsaturated/α-hetero) is 1. The molecule has 1 aliphatic rings. The average molecular weight is 226 g/mol. The maximum Gasteiger partial charge on any atom is 0.272 e. The Bertz CT molecular complexity index is 402. The van der Waals surface area contributed by atoms with E-state index >= 15 is 0 Å². The summed E-state index contributed by atoms with van der Waals surface area (Å²) in [6.07, 6.45) is -0.225. The van der Waals surface area contributed by atoms with Crippen molar-refractivity contribution in [3.8, 4) is 5.75 Å². The van der Waals surface area contributed by atoms with Crippen molar-refractivity contribution < 1.29 is 18.3 Å². The fourth-order valence-electron chi connectivity index (χ4n) is 1.86. The summed E-state index contributed by atoms with van der Waals surface area (Å²) in [5.41, 5.74) is 1.61. The summed E-state index contributed by atoms with van der Waals surface area (Å²) < 4.78 is 28.8. The quantitative estimate of drug-likeness (QED) is 0.792. The Labute approximate surface area is 92.2 Å². The van der Waals surface area contributed by atoms with E-state index in [-0.39, 0.29) is 5.78 Å². The molecule has 1 aromatic carbocycles. The Morgan fingerprint density at radius 2 is 2.12 bits per heavy atom. The molecular formula is C12H12F2O2. The van der Waals surface area contributed by atoms with Crippen LogP contribution in [0.25, 0.3) is 0 Å². The Morgan fingerprint density at radius 1 is 1.31 bits per heavy atom. The third kappa shape index (κ3) is 2.38. The predicted octanol–water partition coefficient (Wildman–Crippen LogP) is 2.85. The minimum absolute atomic E-state index is 0.0729. The van der Waals surface area contributed by atoms with Crippen LogP contribution in [0.4, 0.5) is 8.78 Å². The van der Waals surface area contributed by atoms with Gasteiger partial charge in [-0.05, 0) is 30.5 Å². The lowest BCUT2D eigenvalue weighted by Crippen LogP contribution is -2.12. The predicted molar refractivity (Wildman–Crippen MR) is 55.2 cm³/mol. The molecule has 0 fully saturated rings. The van der Waals surface area contributed by atoms with Gasteiger partial charge >= 0.3 is 0 Å². The van der Waals surface area contributed by atoms with Crippen molar-refractivity contribution >= 4 is 5.78 Å². The molecule has 0 spiro atoms. The van der Waals surface area contributed by atoms with Crippen LogP contribution in [0.3, 0.4) is 0 Å². The molecule has 1 aromatic rings. The molecule has 0 N–H and O–H groups in total. The van der Waals surface area contributed by atoms with E-state index in [1.54, 1.807) is 18.2 Å². The number of carbonyl (C=O) groups excluding carboxylic acids is 1. The maximum atomic E-state index is 11.9. The Kier molecular flexibility index (Phi) is 3.17. The molecule has 1 aliphatic carbocycles. The summed E-state index contributed by atoms with van der Waals surface area (Å²) in [6, 6.07) is 4.99. The molecule has 0 aliphatic heterocycles. The molecule has 2 nitrogen and oxygen atoms in total. The minimum Gasteiger partial charge on any atom is -0.488 e. The molecule has 2 rings (SSSR count). The molecule has 0 atom stereocenters. The third-order valence-electron chi connectivity index (χ3n) is 2.61. The first kappa shape index (κ1) is 11.0.